The van der Waals surface area contributed by atoms with Crippen LogP contribution in [0.3, 0.4) is 0 Å². The second-order valence-electron chi connectivity index (χ2n) is 6.29. The highest BCUT2D eigenvalue weighted by molar-refractivity contribution is 6.22. The van der Waals surface area contributed by atoms with Gasteiger partial charge in [0.15, 0.2) is 11.6 Å². The fourth-order valence-electron chi connectivity index (χ4n) is 3.07. The molecule has 0 unspecified atom stereocenters. The Kier molecular flexibility index (Phi) is 5.73. The molecule has 4 heteroatoms. The Balaban J connectivity index is 1.65. The third kappa shape index (κ3) is 4.63. The molecule has 3 rings (SSSR count). The van der Waals surface area contributed by atoms with Crippen LogP contribution >= 0.6 is 0 Å². The Bertz CT molecular complexity index is 737. The van der Waals surface area contributed by atoms with Gasteiger partial charge in [-0.3, -0.25) is 14.6 Å². The number of carbonyl (C=O) groups excluding carboxylic acids is 2. The summed E-state index contributed by atoms with van der Waals surface area (Å²) in [4.78, 5) is 29.1. The highest BCUT2D eigenvalue weighted by Gasteiger charge is 2.31. The number of Topliss-reactive ketones (excluding diaryl/α,β-unsaturated/α-hetero) is 2. The van der Waals surface area contributed by atoms with Crippen LogP contribution in [-0.2, 0) is 16.1 Å². The van der Waals surface area contributed by atoms with E-state index >= 15 is 0 Å². The first kappa shape index (κ1) is 17.1. The van der Waals surface area contributed by atoms with E-state index in [0.717, 1.165) is 24.1 Å². The number of carbonyl (C=O) groups is 2. The molecule has 4 nitrogen and oxygen atoms in total. The highest BCUT2D eigenvalue weighted by Crippen LogP contribution is 2.30. The van der Waals surface area contributed by atoms with Crippen molar-refractivity contribution in [1.82, 2.24) is 10.3 Å². The highest BCUT2D eigenvalue weighted by atomic mass is 16.1. The molecule has 1 aromatic rings. The van der Waals surface area contributed by atoms with Crippen molar-refractivity contribution >= 4 is 11.6 Å². The van der Waals surface area contributed by atoms with Gasteiger partial charge in [-0.25, -0.2) is 0 Å². The van der Waals surface area contributed by atoms with Crippen LogP contribution in [0.5, 0.6) is 0 Å². The molecule has 25 heavy (non-hydrogen) atoms. The molecule has 0 spiro atoms. The zero-order chi connectivity index (χ0) is 17.5. The minimum absolute atomic E-state index is 0.0214. The molecule has 1 saturated carbocycles. The summed E-state index contributed by atoms with van der Waals surface area (Å²) in [6.45, 7) is 0.493. The summed E-state index contributed by atoms with van der Waals surface area (Å²) in [5.74, 6) is -0.197. The van der Waals surface area contributed by atoms with Gasteiger partial charge in [0.05, 0.1) is 17.8 Å². The minimum Gasteiger partial charge on any atom is -0.385 e. The topological polar surface area (TPSA) is 59.1 Å². The van der Waals surface area contributed by atoms with Crippen LogP contribution in [0, 0.1) is 5.92 Å². The Morgan fingerprint density at radius 1 is 1.12 bits per heavy atom. The van der Waals surface area contributed by atoms with Crippen molar-refractivity contribution in [3.63, 3.8) is 0 Å². The second-order valence-corrected chi connectivity index (χ2v) is 6.29. The second kappa shape index (κ2) is 8.38. The average Bonchev–Trinajstić information content (AvgIpc) is 2.58. The van der Waals surface area contributed by atoms with E-state index in [1.807, 2.05) is 30.4 Å². The molecule has 0 aromatic carbocycles. The van der Waals surface area contributed by atoms with Gasteiger partial charge in [-0.15, -0.1) is 0 Å². The van der Waals surface area contributed by atoms with Crippen LogP contribution in [-0.4, -0.2) is 16.6 Å². The monoisotopic (exact) mass is 334 g/mol. The number of nitrogens with one attached hydrogen (secondary N) is 1. The zero-order valence-corrected chi connectivity index (χ0v) is 14.2. The Labute approximate surface area is 148 Å². The van der Waals surface area contributed by atoms with E-state index in [9.17, 15) is 9.59 Å². The van der Waals surface area contributed by atoms with Crippen molar-refractivity contribution in [3.8, 4) is 0 Å². The lowest BCUT2D eigenvalue weighted by molar-refractivity contribution is -0.124. The molecule has 1 N–H and O–H groups in total. The average molecular weight is 334 g/mol. The molecule has 0 saturated heterocycles. The maximum absolute atomic E-state index is 12.4. The van der Waals surface area contributed by atoms with Crippen LogP contribution in [0.25, 0.3) is 0 Å². The number of hydrogen-bond donors (Lipinski definition) is 1. The lowest BCUT2D eigenvalue weighted by Gasteiger charge is -2.23. The summed E-state index contributed by atoms with van der Waals surface area (Å²) >= 11 is 0. The van der Waals surface area contributed by atoms with E-state index in [0.29, 0.717) is 19.4 Å². The van der Waals surface area contributed by atoms with Crippen LogP contribution < -0.4 is 5.32 Å². The fraction of sp³-hybridized carbons (Fsp3) is 0.286. The minimum atomic E-state index is -0.0879. The van der Waals surface area contributed by atoms with E-state index in [1.165, 1.54) is 0 Å². The van der Waals surface area contributed by atoms with Crippen LogP contribution in [0.1, 0.15) is 31.4 Å². The van der Waals surface area contributed by atoms with Crippen molar-refractivity contribution in [1.29, 1.82) is 0 Å². The quantitative estimate of drug-likeness (QED) is 0.677. The summed E-state index contributed by atoms with van der Waals surface area (Å²) in [6.07, 6.45) is 16.4. The molecule has 128 valence electrons. The fourth-order valence-corrected chi connectivity index (χ4v) is 3.07. The molecular formula is C21H22N2O2. The maximum atomic E-state index is 12.4. The maximum Gasteiger partial charge on any atom is 0.168 e. The van der Waals surface area contributed by atoms with Crippen molar-refractivity contribution < 1.29 is 9.59 Å². The zero-order valence-electron chi connectivity index (χ0n) is 14.2. The Morgan fingerprint density at radius 2 is 1.92 bits per heavy atom. The van der Waals surface area contributed by atoms with Crippen molar-refractivity contribution in [3.05, 3.63) is 77.8 Å². The summed E-state index contributed by atoms with van der Waals surface area (Å²) in [5.41, 5.74) is 2.21. The van der Waals surface area contributed by atoms with Gasteiger partial charge in [-0.2, -0.15) is 0 Å². The predicted octanol–water partition coefficient (Wildman–Crippen LogP) is 3.44. The van der Waals surface area contributed by atoms with Gasteiger partial charge < -0.3 is 5.32 Å². The summed E-state index contributed by atoms with van der Waals surface area (Å²) in [5, 5.41) is 3.04. The first-order valence-corrected chi connectivity index (χ1v) is 8.67. The molecular weight excluding hydrogens is 312 g/mol. The van der Waals surface area contributed by atoms with E-state index < -0.39 is 0 Å². The summed E-state index contributed by atoms with van der Waals surface area (Å²) in [6, 6.07) is 5.65. The number of allylic oxidation sites excluding steroid dienone is 7. The first-order chi connectivity index (χ1) is 12.2. The lowest BCUT2D eigenvalue weighted by atomic mass is 9.79. The van der Waals surface area contributed by atoms with Gasteiger partial charge >= 0.3 is 0 Å². The van der Waals surface area contributed by atoms with E-state index in [1.54, 1.807) is 12.4 Å². The van der Waals surface area contributed by atoms with Crippen LogP contribution in [0.4, 0.5) is 0 Å². The molecule has 0 amide bonds. The Hall–Kier alpha value is -2.75. The number of ketones is 2. The molecule has 1 aromatic heterocycles. The number of rotatable bonds is 4. The number of nitrogens with zero attached hydrogens (tertiary/aromatic N) is 1. The van der Waals surface area contributed by atoms with Gasteiger partial charge in [-0.1, -0.05) is 36.4 Å². The number of aromatic nitrogens is 1. The van der Waals surface area contributed by atoms with Gasteiger partial charge in [0.2, 0.25) is 0 Å². The van der Waals surface area contributed by atoms with Crippen molar-refractivity contribution in [2.24, 2.45) is 5.92 Å². The van der Waals surface area contributed by atoms with Gasteiger partial charge in [-0.05, 0) is 36.5 Å². The van der Waals surface area contributed by atoms with Gasteiger partial charge in [0, 0.05) is 25.2 Å². The standard InChI is InChI=1S/C21H22N2O2/c24-20-12-17(16-8-4-2-1-3-5-9-16)13-21(25)19(20)15-22-14-18-10-6-7-11-23-18/h2,4-11,15,17,22H,1,3,12-14H2/b4-2-,9-5-,16-8+,19-15?. The van der Waals surface area contributed by atoms with Gasteiger partial charge in [0.1, 0.15) is 0 Å². The first-order valence-electron chi connectivity index (χ1n) is 8.67. The molecule has 2 aliphatic rings. The number of pyridine rings is 1. The van der Waals surface area contributed by atoms with Crippen molar-refractivity contribution in [2.75, 3.05) is 0 Å². The molecule has 0 bridgehead atoms. The molecule has 1 heterocycles. The molecule has 0 radical (unpaired) electrons. The summed E-state index contributed by atoms with van der Waals surface area (Å²) in [7, 11) is 0. The SMILES string of the molecule is O=C1CC(C2=C/C=C\CC/C=C\2)CC(=O)C1=CNCc1ccccn1. The molecule has 1 fully saturated rings. The van der Waals surface area contributed by atoms with E-state index in [2.05, 4.69) is 28.5 Å². The normalized spacial score (nSPS) is 25.4. The predicted molar refractivity (Wildman–Crippen MR) is 97.5 cm³/mol. The third-order valence-electron chi connectivity index (χ3n) is 4.43. The summed E-state index contributed by atoms with van der Waals surface area (Å²) < 4.78 is 0. The Morgan fingerprint density at radius 3 is 2.68 bits per heavy atom. The molecule has 2 aliphatic carbocycles. The van der Waals surface area contributed by atoms with Gasteiger partial charge in [0.25, 0.3) is 0 Å². The van der Waals surface area contributed by atoms with Crippen LogP contribution in [0.2, 0.25) is 0 Å². The van der Waals surface area contributed by atoms with E-state index in [4.69, 9.17) is 0 Å². The number of hydrogen-bond acceptors (Lipinski definition) is 4. The van der Waals surface area contributed by atoms with E-state index in [-0.39, 0.29) is 23.1 Å². The molecule has 0 aliphatic heterocycles. The third-order valence-corrected chi connectivity index (χ3v) is 4.43. The molecule has 0 atom stereocenters. The van der Waals surface area contributed by atoms with Crippen LogP contribution in [0.15, 0.2) is 72.1 Å². The lowest BCUT2D eigenvalue weighted by Crippen LogP contribution is -2.28. The smallest absolute Gasteiger partial charge is 0.168 e. The largest absolute Gasteiger partial charge is 0.385 e. The van der Waals surface area contributed by atoms with Crippen molar-refractivity contribution in [2.45, 2.75) is 32.2 Å².